The fourth-order valence-electron chi connectivity index (χ4n) is 4.55. The van der Waals surface area contributed by atoms with Gasteiger partial charge < -0.3 is 14.8 Å². The maximum Gasteiger partial charge on any atom is 0.223 e. The molecular weight excluding hydrogens is 382 g/mol. The van der Waals surface area contributed by atoms with Crippen LogP contribution in [-0.2, 0) is 10.3 Å². The number of likely N-dealkylation sites (tertiary alicyclic amines) is 1. The average Bonchev–Trinajstić information content (AvgIpc) is 3.45. The number of nitrogens with one attached hydrogen (secondary N) is 1. The first-order valence-electron chi connectivity index (χ1n) is 10.1. The van der Waals surface area contributed by atoms with Gasteiger partial charge in [-0.3, -0.25) is 9.59 Å². The van der Waals surface area contributed by atoms with Gasteiger partial charge in [0.05, 0.1) is 21.8 Å². The van der Waals surface area contributed by atoms with Gasteiger partial charge in [0.2, 0.25) is 5.91 Å². The van der Waals surface area contributed by atoms with Crippen LogP contribution in [-0.4, -0.2) is 34.2 Å². The van der Waals surface area contributed by atoms with Crippen molar-refractivity contribution in [1.29, 1.82) is 0 Å². The number of nitrogens with zero attached hydrogens (tertiary/aromatic N) is 2. The van der Waals surface area contributed by atoms with Crippen LogP contribution in [0, 0.1) is 0 Å². The van der Waals surface area contributed by atoms with E-state index in [-0.39, 0.29) is 30.1 Å². The minimum absolute atomic E-state index is 0.0604. The van der Waals surface area contributed by atoms with E-state index in [2.05, 4.69) is 52.5 Å². The van der Waals surface area contributed by atoms with Crippen molar-refractivity contribution in [3.8, 4) is 5.69 Å². The molecule has 0 bridgehead atoms. The van der Waals surface area contributed by atoms with E-state index in [4.69, 9.17) is 0 Å². The summed E-state index contributed by atoms with van der Waals surface area (Å²) < 4.78 is 2.27. The minimum Gasteiger partial charge on any atom is -0.372 e. The number of anilines is 1. The van der Waals surface area contributed by atoms with Crippen molar-refractivity contribution in [2.45, 2.75) is 31.2 Å². The SMILES string of the molecule is O=C(CCC(=O)N1CCC2(CC1)Nc1ccccc1-n1cccc12)c1cccs1. The third-order valence-electron chi connectivity index (χ3n) is 6.11. The fourth-order valence-corrected chi connectivity index (χ4v) is 5.24. The largest absolute Gasteiger partial charge is 0.372 e. The molecule has 1 saturated heterocycles. The van der Waals surface area contributed by atoms with Crippen LogP contribution in [0.15, 0.2) is 60.1 Å². The third kappa shape index (κ3) is 3.17. The van der Waals surface area contributed by atoms with Crippen LogP contribution in [0.4, 0.5) is 5.69 Å². The van der Waals surface area contributed by atoms with Crippen LogP contribution in [0.3, 0.4) is 0 Å². The minimum atomic E-state index is -0.151. The summed E-state index contributed by atoms with van der Waals surface area (Å²) in [5, 5.41) is 5.66. The third-order valence-corrected chi connectivity index (χ3v) is 7.02. The molecule has 3 aromatic rings. The predicted octanol–water partition coefficient (Wildman–Crippen LogP) is 4.45. The number of benzene rings is 1. The molecule has 1 fully saturated rings. The Morgan fingerprint density at radius 3 is 2.62 bits per heavy atom. The monoisotopic (exact) mass is 405 g/mol. The van der Waals surface area contributed by atoms with E-state index in [9.17, 15) is 9.59 Å². The number of carbonyl (C=O) groups excluding carboxylic acids is 2. The van der Waals surface area contributed by atoms with Crippen molar-refractivity contribution in [2.24, 2.45) is 0 Å². The highest BCUT2D eigenvalue weighted by molar-refractivity contribution is 7.12. The van der Waals surface area contributed by atoms with Crippen molar-refractivity contribution in [3.05, 3.63) is 70.7 Å². The molecule has 2 aliphatic heterocycles. The molecule has 0 aliphatic carbocycles. The summed E-state index contributed by atoms with van der Waals surface area (Å²) in [4.78, 5) is 27.5. The van der Waals surface area contributed by atoms with Gasteiger partial charge in [0.1, 0.15) is 0 Å². The number of hydrogen-bond acceptors (Lipinski definition) is 4. The van der Waals surface area contributed by atoms with Gasteiger partial charge >= 0.3 is 0 Å². The van der Waals surface area contributed by atoms with Crippen LogP contribution in [0.25, 0.3) is 5.69 Å². The Morgan fingerprint density at radius 1 is 1.00 bits per heavy atom. The molecule has 4 heterocycles. The number of fused-ring (bicyclic) bond motifs is 4. The number of para-hydroxylation sites is 2. The van der Waals surface area contributed by atoms with Crippen molar-refractivity contribution < 1.29 is 9.59 Å². The lowest BCUT2D eigenvalue weighted by Gasteiger charge is -2.46. The highest BCUT2D eigenvalue weighted by Gasteiger charge is 2.42. The van der Waals surface area contributed by atoms with E-state index in [0.717, 1.165) is 23.4 Å². The first-order chi connectivity index (χ1) is 14.2. The first kappa shape index (κ1) is 18.2. The second-order valence-electron chi connectivity index (χ2n) is 7.77. The number of amides is 1. The number of piperidine rings is 1. The molecule has 1 spiro atoms. The summed E-state index contributed by atoms with van der Waals surface area (Å²) in [6, 6.07) is 16.3. The molecule has 1 aromatic carbocycles. The Morgan fingerprint density at radius 2 is 1.83 bits per heavy atom. The molecule has 0 unspecified atom stereocenters. The molecule has 1 N–H and O–H groups in total. The van der Waals surface area contributed by atoms with Crippen molar-refractivity contribution in [2.75, 3.05) is 18.4 Å². The Hall–Kier alpha value is -2.86. The van der Waals surface area contributed by atoms with Gasteiger partial charge in [-0.15, -0.1) is 11.3 Å². The molecule has 6 heteroatoms. The van der Waals surface area contributed by atoms with Crippen LogP contribution >= 0.6 is 11.3 Å². The molecule has 0 radical (unpaired) electrons. The van der Waals surface area contributed by atoms with Crippen LogP contribution in [0.1, 0.15) is 41.0 Å². The van der Waals surface area contributed by atoms with Gasteiger partial charge in [0.25, 0.3) is 0 Å². The first-order valence-corrected chi connectivity index (χ1v) is 10.9. The summed E-state index contributed by atoms with van der Waals surface area (Å²) in [5.41, 5.74) is 3.42. The van der Waals surface area contributed by atoms with E-state index in [1.807, 2.05) is 22.4 Å². The summed E-state index contributed by atoms with van der Waals surface area (Å²) in [6.07, 6.45) is 4.40. The molecule has 0 saturated carbocycles. The maximum atomic E-state index is 12.7. The number of rotatable bonds is 4. The molecule has 2 aromatic heterocycles. The van der Waals surface area contributed by atoms with E-state index in [0.29, 0.717) is 13.1 Å². The van der Waals surface area contributed by atoms with Gasteiger partial charge in [-0.1, -0.05) is 18.2 Å². The fraction of sp³-hybridized carbons (Fsp3) is 0.304. The zero-order valence-electron chi connectivity index (χ0n) is 16.1. The zero-order chi connectivity index (χ0) is 19.8. The van der Waals surface area contributed by atoms with E-state index in [1.165, 1.54) is 22.7 Å². The molecule has 1 amide bonds. The van der Waals surface area contributed by atoms with Gasteiger partial charge in [-0.2, -0.15) is 0 Å². The number of carbonyl (C=O) groups is 2. The molecule has 29 heavy (non-hydrogen) atoms. The van der Waals surface area contributed by atoms with Crippen LogP contribution < -0.4 is 5.32 Å². The highest BCUT2D eigenvalue weighted by Crippen LogP contribution is 2.43. The summed E-state index contributed by atoms with van der Waals surface area (Å²) >= 11 is 1.44. The lowest BCUT2D eigenvalue weighted by Crippen LogP contribution is -2.51. The van der Waals surface area contributed by atoms with Crippen LogP contribution in [0.5, 0.6) is 0 Å². The number of Topliss-reactive ketones (excluding diaryl/α,β-unsaturated/α-hetero) is 1. The number of aromatic nitrogens is 1. The van der Waals surface area contributed by atoms with E-state index in [1.54, 1.807) is 0 Å². The normalized spacial score (nSPS) is 16.8. The summed E-state index contributed by atoms with van der Waals surface area (Å²) in [6.45, 7) is 1.40. The van der Waals surface area contributed by atoms with Crippen LogP contribution in [0.2, 0.25) is 0 Å². The van der Waals surface area contributed by atoms with Crippen molar-refractivity contribution in [1.82, 2.24) is 9.47 Å². The van der Waals surface area contributed by atoms with Crippen molar-refractivity contribution >= 4 is 28.7 Å². The average molecular weight is 406 g/mol. The Bertz CT molecular complexity index is 1050. The van der Waals surface area contributed by atoms with Gasteiger partial charge in [-0.05, 0) is 48.6 Å². The number of ketones is 1. The van der Waals surface area contributed by atoms with Crippen molar-refractivity contribution in [3.63, 3.8) is 0 Å². The maximum absolute atomic E-state index is 12.7. The standard InChI is InChI=1S/C23H23N3O2S/c27-19(20-7-4-16-29-20)9-10-22(28)25-14-11-23(12-15-25)21-8-3-13-26(21)18-6-2-1-5-17(18)24-23/h1-8,13,16,24H,9-12,14-15H2. The Kier molecular flexibility index (Phi) is 4.51. The van der Waals surface area contributed by atoms with Gasteiger partial charge in [-0.25, -0.2) is 0 Å². The van der Waals surface area contributed by atoms with E-state index >= 15 is 0 Å². The predicted molar refractivity (Wildman–Crippen MR) is 115 cm³/mol. The summed E-state index contributed by atoms with van der Waals surface area (Å²) in [5.74, 6) is 0.140. The lowest BCUT2D eigenvalue weighted by molar-refractivity contribution is -0.132. The van der Waals surface area contributed by atoms with Gasteiger partial charge in [0, 0.05) is 37.8 Å². The lowest BCUT2D eigenvalue weighted by atomic mass is 9.82. The topological polar surface area (TPSA) is 54.3 Å². The van der Waals surface area contributed by atoms with E-state index < -0.39 is 0 Å². The highest BCUT2D eigenvalue weighted by atomic mass is 32.1. The molecule has 5 nitrogen and oxygen atoms in total. The number of hydrogen-bond donors (Lipinski definition) is 1. The van der Waals surface area contributed by atoms with Gasteiger partial charge in [0.15, 0.2) is 5.78 Å². The summed E-state index contributed by atoms with van der Waals surface area (Å²) in [7, 11) is 0. The molecule has 5 rings (SSSR count). The molecular formula is C23H23N3O2S. The second kappa shape index (κ2) is 7.19. The Balaban J connectivity index is 1.26. The Labute approximate surface area is 174 Å². The zero-order valence-corrected chi connectivity index (χ0v) is 17.0. The second-order valence-corrected chi connectivity index (χ2v) is 8.72. The number of thiophene rings is 1. The molecule has 2 aliphatic rings. The quantitative estimate of drug-likeness (QED) is 0.653. The molecule has 148 valence electrons. The molecule has 0 atom stereocenters. The smallest absolute Gasteiger partial charge is 0.223 e.